The maximum Gasteiger partial charge on any atom is 0.407 e. The summed E-state index contributed by atoms with van der Waals surface area (Å²) in [5, 5.41) is 16.0. The van der Waals surface area contributed by atoms with Crippen molar-refractivity contribution in [1.82, 2.24) is 20.6 Å². The summed E-state index contributed by atoms with van der Waals surface area (Å²) in [4.78, 5) is 20.3. The highest BCUT2D eigenvalue weighted by Gasteiger charge is 2.47. The number of hydrogen-bond acceptors (Lipinski definition) is 5. The Bertz CT molecular complexity index is 1540. The van der Waals surface area contributed by atoms with Gasteiger partial charge in [0.25, 0.3) is 0 Å². The van der Waals surface area contributed by atoms with Gasteiger partial charge in [-0.25, -0.2) is 4.98 Å². The van der Waals surface area contributed by atoms with Crippen LogP contribution in [0.5, 0.6) is 0 Å². The standard InChI is InChI=1S/C28H28F3N5O2/c1-15(2)10-21(26(37)36-27(13-32)8-9-27)35-25(28(29,30)31)18-4-6-19-20-11-17(24-16(3)33-14-34-24)5-7-22(20)38-23(19)12-18/h4-7,11-12,14-15,21,25,35H,8-10H2,1-3H3,(H,33,34)(H,36,37)/t21-,25-/m0/s1. The molecule has 7 nitrogen and oxygen atoms in total. The van der Waals surface area contributed by atoms with E-state index in [0.717, 1.165) is 22.3 Å². The lowest BCUT2D eigenvalue weighted by Gasteiger charge is -2.29. The number of benzene rings is 2. The van der Waals surface area contributed by atoms with Crippen molar-refractivity contribution in [3.63, 3.8) is 0 Å². The van der Waals surface area contributed by atoms with E-state index in [1.54, 1.807) is 18.5 Å². The molecule has 1 aliphatic rings. The zero-order chi connectivity index (χ0) is 27.2. The SMILES string of the molecule is Cc1[nH]cnc1-c1ccc2oc3cc([C@H](N[C@@H](CC(C)C)C(=O)NC4(C#N)CC4)C(F)(F)F)ccc3c2c1. The van der Waals surface area contributed by atoms with Gasteiger partial charge >= 0.3 is 6.18 Å². The average molecular weight is 524 g/mol. The van der Waals surface area contributed by atoms with Crippen LogP contribution in [0.25, 0.3) is 33.2 Å². The molecule has 1 saturated carbocycles. The van der Waals surface area contributed by atoms with Gasteiger partial charge in [0, 0.05) is 22.0 Å². The molecule has 0 bridgehead atoms. The first-order valence-electron chi connectivity index (χ1n) is 12.5. The molecule has 198 valence electrons. The van der Waals surface area contributed by atoms with E-state index in [4.69, 9.17) is 4.42 Å². The molecule has 0 radical (unpaired) electrons. The summed E-state index contributed by atoms with van der Waals surface area (Å²) in [6, 6.07) is 8.79. The second-order valence-electron chi connectivity index (χ2n) is 10.5. The molecule has 0 aliphatic heterocycles. The largest absolute Gasteiger partial charge is 0.456 e. The van der Waals surface area contributed by atoms with Crippen molar-refractivity contribution < 1.29 is 22.4 Å². The van der Waals surface area contributed by atoms with Crippen molar-refractivity contribution in [2.45, 2.75) is 63.8 Å². The van der Waals surface area contributed by atoms with Gasteiger partial charge in [-0.15, -0.1) is 0 Å². The second-order valence-corrected chi connectivity index (χ2v) is 10.5. The molecule has 2 heterocycles. The van der Waals surface area contributed by atoms with Gasteiger partial charge in [0.1, 0.15) is 22.7 Å². The summed E-state index contributed by atoms with van der Waals surface area (Å²) < 4.78 is 49.0. The van der Waals surface area contributed by atoms with Crippen molar-refractivity contribution in [3.05, 3.63) is 54.0 Å². The van der Waals surface area contributed by atoms with E-state index in [1.165, 1.54) is 12.1 Å². The number of halogens is 3. The second kappa shape index (κ2) is 9.48. The number of rotatable bonds is 8. The number of aromatic amines is 1. The van der Waals surface area contributed by atoms with Crippen LogP contribution in [0, 0.1) is 24.2 Å². The smallest absolute Gasteiger partial charge is 0.407 e. The number of imidazole rings is 1. The molecule has 1 fully saturated rings. The van der Waals surface area contributed by atoms with Crippen molar-refractivity contribution in [2.75, 3.05) is 0 Å². The molecule has 0 saturated heterocycles. The molecule has 38 heavy (non-hydrogen) atoms. The van der Waals surface area contributed by atoms with Gasteiger partial charge in [0.15, 0.2) is 0 Å². The summed E-state index contributed by atoms with van der Waals surface area (Å²) >= 11 is 0. The Morgan fingerprint density at radius 3 is 2.55 bits per heavy atom. The van der Waals surface area contributed by atoms with E-state index < -0.39 is 29.7 Å². The molecule has 3 N–H and O–H groups in total. The van der Waals surface area contributed by atoms with Crippen LogP contribution in [-0.4, -0.2) is 33.6 Å². The Balaban J connectivity index is 1.49. The number of carbonyl (C=O) groups excluding carboxylic acids is 1. The molecule has 4 aromatic rings. The number of fused-ring (bicyclic) bond motifs is 3. The van der Waals surface area contributed by atoms with Gasteiger partial charge in [-0.2, -0.15) is 18.4 Å². The molecule has 0 unspecified atom stereocenters. The van der Waals surface area contributed by atoms with Gasteiger partial charge < -0.3 is 14.7 Å². The van der Waals surface area contributed by atoms with Crippen molar-refractivity contribution >= 4 is 27.8 Å². The van der Waals surface area contributed by atoms with Gasteiger partial charge in [0.05, 0.1) is 24.1 Å². The third-order valence-electron chi connectivity index (χ3n) is 6.98. The lowest BCUT2D eigenvalue weighted by molar-refractivity contribution is -0.161. The van der Waals surface area contributed by atoms with Crippen LogP contribution in [0.1, 0.15) is 50.4 Å². The third kappa shape index (κ3) is 4.98. The van der Waals surface area contributed by atoms with E-state index >= 15 is 0 Å². The quantitative estimate of drug-likeness (QED) is 0.260. The molecule has 0 spiro atoms. The predicted octanol–water partition coefficient (Wildman–Crippen LogP) is 6.06. The third-order valence-corrected chi connectivity index (χ3v) is 6.98. The van der Waals surface area contributed by atoms with E-state index in [0.29, 0.717) is 29.4 Å². The summed E-state index contributed by atoms with van der Waals surface area (Å²) in [5.41, 5.74) is 2.40. The monoisotopic (exact) mass is 523 g/mol. The number of furan rings is 1. The van der Waals surface area contributed by atoms with Crippen LogP contribution in [0.3, 0.4) is 0 Å². The highest BCUT2D eigenvalue weighted by atomic mass is 19.4. The first-order chi connectivity index (χ1) is 18.0. The number of nitrogens with zero attached hydrogens (tertiary/aromatic N) is 2. The van der Waals surface area contributed by atoms with Crippen LogP contribution in [0.4, 0.5) is 13.2 Å². The molecule has 1 amide bonds. The molecular formula is C28H28F3N5O2. The van der Waals surface area contributed by atoms with E-state index in [-0.39, 0.29) is 17.9 Å². The molecule has 10 heteroatoms. The first kappa shape index (κ1) is 25.8. The van der Waals surface area contributed by atoms with Crippen LogP contribution in [0.15, 0.2) is 47.1 Å². The number of nitrogens with one attached hydrogen (secondary N) is 3. The number of hydrogen-bond donors (Lipinski definition) is 3. The zero-order valence-electron chi connectivity index (χ0n) is 21.2. The maximum atomic E-state index is 14.3. The summed E-state index contributed by atoms with van der Waals surface area (Å²) in [6.45, 7) is 5.58. The van der Waals surface area contributed by atoms with Gasteiger partial charge in [0.2, 0.25) is 5.91 Å². The number of nitriles is 1. The van der Waals surface area contributed by atoms with Crippen molar-refractivity contribution in [1.29, 1.82) is 5.26 Å². The fourth-order valence-corrected chi connectivity index (χ4v) is 4.79. The average Bonchev–Trinajstić information content (AvgIpc) is 3.34. The lowest BCUT2D eigenvalue weighted by atomic mass is 9.98. The normalized spacial score (nSPS) is 16.5. The summed E-state index contributed by atoms with van der Waals surface area (Å²) in [6.07, 6.45) is -1.89. The minimum Gasteiger partial charge on any atom is -0.456 e. The van der Waals surface area contributed by atoms with Gasteiger partial charge in [-0.3, -0.25) is 10.1 Å². The highest BCUT2D eigenvalue weighted by molar-refractivity contribution is 6.06. The topological polar surface area (TPSA) is 107 Å². The number of aromatic nitrogens is 2. The van der Waals surface area contributed by atoms with E-state index in [1.807, 2.05) is 32.9 Å². The molecule has 5 rings (SSSR count). The lowest BCUT2D eigenvalue weighted by Crippen LogP contribution is -2.52. The van der Waals surface area contributed by atoms with Crippen molar-refractivity contribution in [3.8, 4) is 17.3 Å². The van der Waals surface area contributed by atoms with Crippen LogP contribution < -0.4 is 10.6 Å². The van der Waals surface area contributed by atoms with E-state index in [2.05, 4.69) is 26.7 Å². The van der Waals surface area contributed by atoms with Crippen molar-refractivity contribution in [2.24, 2.45) is 5.92 Å². The fraction of sp³-hybridized carbons (Fsp3) is 0.393. The molecule has 2 atom stereocenters. The number of H-pyrrole nitrogens is 1. The molecule has 2 aromatic heterocycles. The molecule has 1 aliphatic carbocycles. The maximum absolute atomic E-state index is 14.3. The minimum atomic E-state index is -4.67. The zero-order valence-corrected chi connectivity index (χ0v) is 21.2. The molecule has 2 aromatic carbocycles. The summed E-state index contributed by atoms with van der Waals surface area (Å²) in [7, 11) is 0. The summed E-state index contributed by atoms with van der Waals surface area (Å²) in [5.74, 6) is -0.646. The van der Waals surface area contributed by atoms with Gasteiger partial charge in [-0.1, -0.05) is 26.0 Å². The predicted molar refractivity (Wildman–Crippen MR) is 137 cm³/mol. The van der Waals surface area contributed by atoms with Crippen LogP contribution >= 0.6 is 0 Å². The fourth-order valence-electron chi connectivity index (χ4n) is 4.79. The first-order valence-corrected chi connectivity index (χ1v) is 12.5. The number of amides is 1. The Kier molecular flexibility index (Phi) is 6.43. The highest BCUT2D eigenvalue weighted by Crippen LogP contribution is 2.39. The number of carbonyl (C=O) groups is 1. The Labute approximate surface area is 217 Å². The van der Waals surface area contributed by atoms with E-state index in [9.17, 15) is 23.2 Å². The number of alkyl halides is 3. The van der Waals surface area contributed by atoms with Crippen LogP contribution in [-0.2, 0) is 4.79 Å². The Morgan fingerprint density at radius 2 is 1.95 bits per heavy atom. The Morgan fingerprint density at radius 1 is 1.18 bits per heavy atom. The van der Waals surface area contributed by atoms with Gasteiger partial charge in [-0.05, 0) is 61.9 Å². The number of aryl methyl sites for hydroxylation is 1. The molecular weight excluding hydrogens is 495 g/mol. The van der Waals surface area contributed by atoms with Crippen LogP contribution in [0.2, 0.25) is 0 Å². The minimum absolute atomic E-state index is 0.0467. The Hall–Kier alpha value is -3.84.